The molecule has 5 nitrogen and oxygen atoms in total. The lowest BCUT2D eigenvalue weighted by Gasteiger charge is -2.04. The Morgan fingerprint density at radius 2 is 2.29 bits per heavy atom. The largest absolute Gasteiger partial charge is 0.384 e. The Hall–Kier alpha value is -1.95. The Labute approximate surface area is 127 Å². The van der Waals surface area contributed by atoms with Gasteiger partial charge in [-0.05, 0) is 30.0 Å². The van der Waals surface area contributed by atoms with Gasteiger partial charge in [-0.15, -0.1) is 10.2 Å². The lowest BCUT2D eigenvalue weighted by Crippen LogP contribution is -2.11. The van der Waals surface area contributed by atoms with Crippen LogP contribution in [0.25, 0.3) is 0 Å². The van der Waals surface area contributed by atoms with Gasteiger partial charge in [0.25, 0.3) is 5.91 Å². The van der Waals surface area contributed by atoms with Gasteiger partial charge in [0.2, 0.25) is 5.13 Å². The summed E-state index contributed by atoms with van der Waals surface area (Å²) in [5.74, 6) is 0.392. The first-order chi connectivity index (χ1) is 10.1. The maximum Gasteiger partial charge on any atom is 0.257 e. The number of rotatable bonds is 4. The quantitative estimate of drug-likeness (QED) is 0.911. The highest BCUT2D eigenvalue weighted by Gasteiger charge is 2.15. The van der Waals surface area contributed by atoms with Gasteiger partial charge in [0.1, 0.15) is 5.01 Å². The molecule has 0 fully saturated rings. The number of fused-ring (bicyclic) bond motifs is 1. The molecule has 2 aromatic rings. The second-order valence-corrected chi connectivity index (χ2v) is 6.66. The average molecular weight is 302 g/mol. The van der Waals surface area contributed by atoms with Crippen molar-refractivity contribution >= 4 is 28.1 Å². The first-order valence-electron chi connectivity index (χ1n) is 7.12. The molecule has 6 heteroatoms. The number of aromatic nitrogens is 2. The molecule has 0 bridgehead atoms. The van der Waals surface area contributed by atoms with Gasteiger partial charge in [0.15, 0.2) is 0 Å². The molecule has 1 aromatic heterocycles. The summed E-state index contributed by atoms with van der Waals surface area (Å²) in [5.41, 5.74) is 2.96. The van der Waals surface area contributed by atoms with E-state index in [1.54, 1.807) is 0 Å². The summed E-state index contributed by atoms with van der Waals surface area (Å²) in [6.45, 7) is 5.21. The second-order valence-electron chi connectivity index (χ2n) is 5.60. The zero-order valence-electron chi connectivity index (χ0n) is 12.1. The van der Waals surface area contributed by atoms with Crippen LogP contribution >= 0.6 is 11.3 Å². The smallest absolute Gasteiger partial charge is 0.257 e. The van der Waals surface area contributed by atoms with Crippen LogP contribution in [0.1, 0.15) is 34.8 Å². The van der Waals surface area contributed by atoms with E-state index in [9.17, 15) is 4.79 Å². The van der Waals surface area contributed by atoms with E-state index in [2.05, 4.69) is 34.7 Å². The van der Waals surface area contributed by atoms with Crippen molar-refractivity contribution < 1.29 is 4.79 Å². The third-order valence-corrected chi connectivity index (χ3v) is 4.21. The van der Waals surface area contributed by atoms with Gasteiger partial charge < -0.3 is 5.32 Å². The van der Waals surface area contributed by atoms with Crippen molar-refractivity contribution in [2.24, 2.45) is 5.92 Å². The van der Waals surface area contributed by atoms with Crippen molar-refractivity contribution in [3.63, 3.8) is 0 Å². The van der Waals surface area contributed by atoms with Crippen molar-refractivity contribution in [1.82, 2.24) is 10.2 Å². The Balaban J connectivity index is 1.70. The molecular formula is C15H18N4OS. The number of anilines is 2. The molecular weight excluding hydrogens is 284 g/mol. The monoisotopic (exact) mass is 302 g/mol. The number of hydrogen-bond donors (Lipinski definition) is 2. The molecule has 0 unspecified atom stereocenters. The van der Waals surface area contributed by atoms with Crippen LogP contribution in [0.4, 0.5) is 10.8 Å². The minimum absolute atomic E-state index is 0.140. The number of carbonyl (C=O) groups is 1. The van der Waals surface area contributed by atoms with Crippen LogP contribution in [-0.2, 0) is 12.8 Å². The topological polar surface area (TPSA) is 66.9 Å². The number of nitrogens with zero attached hydrogens (tertiary/aromatic N) is 2. The van der Waals surface area contributed by atoms with Crippen LogP contribution in [0.5, 0.6) is 0 Å². The molecule has 3 rings (SSSR count). The minimum Gasteiger partial charge on any atom is -0.384 e. The molecule has 0 atom stereocenters. The van der Waals surface area contributed by atoms with Gasteiger partial charge in [-0.3, -0.25) is 10.1 Å². The zero-order valence-corrected chi connectivity index (χ0v) is 13.0. The van der Waals surface area contributed by atoms with Gasteiger partial charge in [-0.1, -0.05) is 31.3 Å². The summed E-state index contributed by atoms with van der Waals surface area (Å²) in [4.78, 5) is 12.2. The first kappa shape index (κ1) is 14.0. The average Bonchev–Trinajstić information content (AvgIpc) is 3.06. The standard InChI is InChI=1S/C15H18N4OS/c1-9(2)7-13-18-19-15(21-13)17-14(20)11-4-3-10-5-6-16-12(10)8-11/h3-4,8-9,16H,5-7H2,1-2H3,(H,17,19,20). The third kappa shape index (κ3) is 3.21. The number of hydrogen-bond acceptors (Lipinski definition) is 5. The predicted molar refractivity (Wildman–Crippen MR) is 85.0 cm³/mol. The van der Waals surface area contributed by atoms with Crippen molar-refractivity contribution in [2.75, 3.05) is 17.2 Å². The van der Waals surface area contributed by atoms with E-state index in [0.717, 1.165) is 30.1 Å². The van der Waals surface area contributed by atoms with Crippen LogP contribution in [0.15, 0.2) is 18.2 Å². The molecule has 0 radical (unpaired) electrons. The fourth-order valence-electron chi connectivity index (χ4n) is 2.34. The maximum absolute atomic E-state index is 12.2. The zero-order chi connectivity index (χ0) is 14.8. The minimum atomic E-state index is -0.140. The lowest BCUT2D eigenvalue weighted by molar-refractivity contribution is 0.102. The lowest BCUT2D eigenvalue weighted by atomic mass is 10.1. The molecule has 1 aliphatic rings. The molecule has 21 heavy (non-hydrogen) atoms. The summed E-state index contributed by atoms with van der Waals surface area (Å²) in [6, 6.07) is 5.76. The fraction of sp³-hybridized carbons (Fsp3) is 0.400. The van der Waals surface area contributed by atoms with Crippen LogP contribution in [0.2, 0.25) is 0 Å². The van der Waals surface area contributed by atoms with Crippen molar-refractivity contribution in [3.8, 4) is 0 Å². The number of benzene rings is 1. The maximum atomic E-state index is 12.2. The van der Waals surface area contributed by atoms with Crippen LogP contribution in [-0.4, -0.2) is 22.6 Å². The molecule has 0 saturated carbocycles. The van der Waals surface area contributed by atoms with Gasteiger partial charge in [-0.2, -0.15) is 0 Å². The Kier molecular flexibility index (Phi) is 3.88. The Bertz CT molecular complexity index is 665. The predicted octanol–water partition coefficient (Wildman–Crippen LogP) is 2.96. The van der Waals surface area contributed by atoms with E-state index in [0.29, 0.717) is 16.6 Å². The Morgan fingerprint density at radius 3 is 3.10 bits per heavy atom. The molecule has 2 heterocycles. The van der Waals surface area contributed by atoms with Gasteiger partial charge >= 0.3 is 0 Å². The molecule has 1 amide bonds. The summed E-state index contributed by atoms with van der Waals surface area (Å²) < 4.78 is 0. The molecule has 1 aliphatic heterocycles. The molecule has 2 N–H and O–H groups in total. The van der Waals surface area contributed by atoms with Gasteiger partial charge in [0, 0.05) is 24.2 Å². The van der Waals surface area contributed by atoms with Gasteiger partial charge in [0.05, 0.1) is 0 Å². The van der Waals surface area contributed by atoms with Crippen molar-refractivity contribution in [2.45, 2.75) is 26.7 Å². The number of carbonyl (C=O) groups excluding carboxylic acids is 1. The van der Waals surface area contributed by atoms with Crippen LogP contribution < -0.4 is 10.6 Å². The van der Waals surface area contributed by atoms with E-state index in [1.807, 2.05) is 18.2 Å². The highest BCUT2D eigenvalue weighted by molar-refractivity contribution is 7.15. The van der Waals surface area contributed by atoms with E-state index in [1.165, 1.54) is 16.9 Å². The van der Waals surface area contributed by atoms with Crippen LogP contribution in [0, 0.1) is 5.92 Å². The molecule has 1 aromatic carbocycles. The molecule has 0 saturated heterocycles. The van der Waals surface area contributed by atoms with E-state index in [4.69, 9.17) is 0 Å². The molecule has 0 aliphatic carbocycles. The van der Waals surface area contributed by atoms with Crippen molar-refractivity contribution in [1.29, 1.82) is 0 Å². The number of nitrogens with one attached hydrogen (secondary N) is 2. The van der Waals surface area contributed by atoms with E-state index in [-0.39, 0.29) is 5.91 Å². The van der Waals surface area contributed by atoms with Crippen LogP contribution in [0.3, 0.4) is 0 Å². The first-order valence-corrected chi connectivity index (χ1v) is 7.94. The highest BCUT2D eigenvalue weighted by Crippen LogP contribution is 2.24. The highest BCUT2D eigenvalue weighted by atomic mass is 32.1. The fourth-order valence-corrected chi connectivity index (χ4v) is 3.28. The normalized spacial score (nSPS) is 13.1. The molecule has 0 spiro atoms. The summed E-state index contributed by atoms with van der Waals surface area (Å²) in [5, 5.41) is 15.7. The third-order valence-electron chi connectivity index (χ3n) is 3.35. The van der Waals surface area contributed by atoms with E-state index >= 15 is 0 Å². The summed E-state index contributed by atoms with van der Waals surface area (Å²) >= 11 is 1.44. The summed E-state index contributed by atoms with van der Waals surface area (Å²) in [6.07, 6.45) is 1.91. The summed E-state index contributed by atoms with van der Waals surface area (Å²) in [7, 11) is 0. The van der Waals surface area contributed by atoms with Gasteiger partial charge in [-0.25, -0.2) is 0 Å². The van der Waals surface area contributed by atoms with E-state index < -0.39 is 0 Å². The SMILES string of the molecule is CC(C)Cc1nnc(NC(=O)c2ccc3c(c2)NCC3)s1. The Morgan fingerprint density at radius 1 is 1.43 bits per heavy atom. The van der Waals surface area contributed by atoms with Crippen molar-refractivity contribution in [3.05, 3.63) is 34.3 Å². The number of amides is 1. The second kappa shape index (κ2) is 5.81. The molecule has 110 valence electrons.